The first-order chi connectivity index (χ1) is 8.37. The van der Waals surface area contributed by atoms with Gasteiger partial charge < -0.3 is 0 Å². The fourth-order valence-corrected chi connectivity index (χ4v) is 4.64. The largest absolute Gasteiger partial charge is 0.229 e. The van der Waals surface area contributed by atoms with E-state index in [-0.39, 0.29) is 17.9 Å². The SMILES string of the molecule is N#CC1(Cc2cccc(F)c2Br)CCS(=O)(=O)C1. The minimum atomic E-state index is -3.14. The molecular formula is C12H11BrFNO2S. The van der Waals surface area contributed by atoms with Crippen LogP contribution in [0.4, 0.5) is 4.39 Å². The van der Waals surface area contributed by atoms with Crippen LogP contribution in [-0.2, 0) is 16.3 Å². The Bertz CT molecular complexity index is 623. The second kappa shape index (κ2) is 4.63. The van der Waals surface area contributed by atoms with Crippen molar-refractivity contribution in [3.05, 3.63) is 34.1 Å². The van der Waals surface area contributed by atoms with Gasteiger partial charge in [0.2, 0.25) is 0 Å². The molecule has 0 aliphatic carbocycles. The Morgan fingerprint density at radius 3 is 2.78 bits per heavy atom. The van der Waals surface area contributed by atoms with Crippen molar-refractivity contribution in [1.82, 2.24) is 0 Å². The standard InChI is InChI=1S/C12H11BrFNO2S/c13-11-9(2-1-3-10(11)14)6-12(7-15)4-5-18(16,17)8-12/h1-3H,4-6,8H2. The second-order valence-corrected chi connectivity index (χ2v) is 7.60. The lowest BCUT2D eigenvalue weighted by Crippen LogP contribution is -2.23. The molecule has 1 saturated heterocycles. The van der Waals surface area contributed by atoms with Crippen LogP contribution in [0.2, 0.25) is 0 Å². The molecule has 0 spiro atoms. The Kier molecular flexibility index (Phi) is 3.47. The monoisotopic (exact) mass is 331 g/mol. The van der Waals surface area contributed by atoms with E-state index < -0.39 is 21.1 Å². The third kappa shape index (κ3) is 2.57. The van der Waals surface area contributed by atoms with Crippen molar-refractivity contribution in [2.24, 2.45) is 5.41 Å². The van der Waals surface area contributed by atoms with Crippen LogP contribution in [0.3, 0.4) is 0 Å². The summed E-state index contributed by atoms with van der Waals surface area (Å²) in [4.78, 5) is 0. The molecule has 1 aromatic carbocycles. The van der Waals surface area contributed by atoms with Crippen molar-refractivity contribution in [3.8, 4) is 6.07 Å². The molecule has 0 saturated carbocycles. The van der Waals surface area contributed by atoms with Gasteiger partial charge in [-0.05, 0) is 40.4 Å². The molecule has 96 valence electrons. The number of benzene rings is 1. The highest BCUT2D eigenvalue weighted by molar-refractivity contribution is 9.10. The van der Waals surface area contributed by atoms with Crippen molar-refractivity contribution in [3.63, 3.8) is 0 Å². The van der Waals surface area contributed by atoms with Crippen LogP contribution in [0.5, 0.6) is 0 Å². The highest BCUT2D eigenvalue weighted by Gasteiger charge is 2.43. The molecule has 1 aromatic rings. The molecule has 2 rings (SSSR count). The summed E-state index contributed by atoms with van der Waals surface area (Å²) in [6.07, 6.45) is 0.565. The maximum Gasteiger partial charge on any atom is 0.151 e. The minimum absolute atomic E-state index is 0.0352. The van der Waals surface area contributed by atoms with Crippen LogP contribution in [0.1, 0.15) is 12.0 Å². The summed E-state index contributed by atoms with van der Waals surface area (Å²) in [6.45, 7) is 0. The quantitative estimate of drug-likeness (QED) is 0.836. The van der Waals surface area contributed by atoms with Crippen LogP contribution in [0.25, 0.3) is 0 Å². The van der Waals surface area contributed by atoms with Gasteiger partial charge in [0.25, 0.3) is 0 Å². The first-order valence-corrected chi connectivity index (χ1v) is 8.03. The van der Waals surface area contributed by atoms with E-state index in [4.69, 9.17) is 0 Å². The maximum absolute atomic E-state index is 13.4. The Hall–Kier alpha value is -0.930. The lowest BCUT2D eigenvalue weighted by molar-refractivity contribution is 0.448. The average molecular weight is 332 g/mol. The van der Waals surface area contributed by atoms with Gasteiger partial charge in [0.15, 0.2) is 9.84 Å². The smallest absolute Gasteiger partial charge is 0.151 e. The number of hydrogen-bond acceptors (Lipinski definition) is 3. The average Bonchev–Trinajstić information content (AvgIpc) is 2.62. The molecule has 6 heteroatoms. The van der Waals surface area contributed by atoms with E-state index in [0.29, 0.717) is 16.5 Å². The maximum atomic E-state index is 13.4. The van der Waals surface area contributed by atoms with E-state index in [1.165, 1.54) is 6.07 Å². The molecule has 1 fully saturated rings. The molecule has 18 heavy (non-hydrogen) atoms. The summed E-state index contributed by atoms with van der Waals surface area (Å²) >= 11 is 3.14. The number of nitrogens with zero attached hydrogens (tertiary/aromatic N) is 1. The predicted octanol–water partition coefficient (Wildman–Crippen LogP) is 2.46. The summed E-state index contributed by atoms with van der Waals surface area (Å²) in [6, 6.07) is 6.69. The number of sulfone groups is 1. The van der Waals surface area contributed by atoms with Crippen LogP contribution in [-0.4, -0.2) is 19.9 Å². The van der Waals surface area contributed by atoms with E-state index in [0.717, 1.165) is 0 Å². The van der Waals surface area contributed by atoms with Crippen LogP contribution in [0, 0.1) is 22.6 Å². The Morgan fingerprint density at radius 1 is 1.50 bits per heavy atom. The molecular weight excluding hydrogens is 321 g/mol. The van der Waals surface area contributed by atoms with Crippen molar-refractivity contribution in [1.29, 1.82) is 5.26 Å². The highest BCUT2D eigenvalue weighted by atomic mass is 79.9. The molecule has 0 radical (unpaired) electrons. The molecule has 1 aliphatic rings. The Morgan fingerprint density at radius 2 is 2.22 bits per heavy atom. The van der Waals surface area contributed by atoms with E-state index in [1.54, 1.807) is 12.1 Å². The fraction of sp³-hybridized carbons (Fsp3) is 0.417. The summed E-state index contributed by atoms with van der Waals surface area (Å²) in [7, 11) is -3.14. The van der Waals surface area contributed by atoms with Gasteiger partial charge >= 0.3 is 0 Å². The lowest BCUT2D eigenvalue weighted by Gasteiger charge is -2.19. The molecule has 1 heterocycles. The van der Waals surface area contributed by atoms with Gasteiger partial charge in [-0.25, -0.2) is 12.8 Å². The molecule has 1 aliphatic heterocycles. The van der Waals surface area contributed by atoms with Crippen molar-refractivity contribution >= 4 is 25.8 Å². The zero-order valence-electron chi connectivity index (χ0n) is 9.49. The first kappa shape index (κ1) is 13.5. The molecule has 0 bridgehead atoms. The zero-order chi connectivity index (χ0) is 13.4. The summed E-state index contributed by atoms with van der Waals surface area (Å²) < 4.78 is 36.7. The summed E-state index contributed by atoms with van der Waals surface area (Å²) in [5.74, 6) is -0.506. The molecule has 0 aromatic heterocycles. The lowest BCUT2D eigenvalue weighted by atomic mass is 9.83. The van der Waals surface area contributed by atoms with Gasteiger partial charge in [-0.1, -0.05) is 12.1 Å². The molecule has 3 nitrogen and oxygen atoms in total. The third-order valence-corrected chi connectivity index (χ3v) is 5.89. The van der Waals surface area contributed by atoms with E-state index in [1.807, 2.05) is 0 Å². The number of rotatable bonds is 2. The zero-order valence-corrected chi connectivity index (χ0v) is 11.9. The number of nitriles is 1. The molecule has 1 atom stereocenters. The van der Waals surface area contributed by atoms with Crippen LogP contribution >= 0.6 is 15.9 Å². The van der Waals surface area contributed by atoms with Crippen molar-refractivity contribution < 1.29 is 12.8 Å². The van der Waals surface area contributed by atoms with Gasteiger partial charge in [0.05, 0.1) is 27.5 Å². The van der Waals surface area contributed by atoms with Gasteiger partial charge in [-0.3, -0.25) is 0 Å². The Balaban J connectivity index is 2.33. The minimum Gasteiger partial charge on any atom is -0.229 e. The normalized spacial score (nSPS) is 25.8. The van der Waals surface area contributed by atoms with Gasteiger partial charge in [0, 0.05) is 0 Å². The summed E-state index contributed by atoms with van der Waals surface area (Å²) in [5.41, 5.74) is -0.288. The van der Waals surface area contributed by atoms with Gasteiger partial charge in [-0.15, -0.1) is 0 Å². The van der Waals surface area contributed by atoms with E-state index in [2.05, 4.69) is 22.0 Å². The van der Waals surface area contributed by atoms with Crippen molar-refractivity contribution in [2.45, 2.75) is 12.8 Å². The van der Waals surface area contributed by atoms with Gasteiger partial charge in [-0.2, -0.15) is 5.26 Å². The number of halogens is 2. The predicted molar refractivity (Wildman–Crippen MR) is 69.1 cm³/mol. The van der Waals surface area contributed by atoms with Crippen molar-refractivity contribution in [2.75, 3.05) is 11.5 Å². The van der Waals surface area contributed by atoms with Crippen LogP contribution < -0.4 is 0 Å². The van der Waals surface area contributed by atoms with E-state index in [9.17, 15) is 18.1 Å². The van der Waals surface area contributed by atoms with E-state index >= 15 is 0 Å². The first-order valence-electron chi connectivity index (χ1n) is 5.42. The second-order valence-electron chi connectivity index (χ2n) is 4.62. The summed E-state index contributed by atoms with van der Waals surface area (Å²) in [5, 5.41) is 9.25. The Labute approximate surface area is 114 Å². The third-order valence-electron chi connectivity index (χ3n) is 3.19. The molecule has 0 amide bonds. The van der Waals surface area contributed by atoms with Crippen LogP contribution in [0.15, 0.2) is 22.7 Å². The molecule has 0 N–H and O–H groups in total. The molecule has 1 unspecified atom stereocenters. The fourth-order valence-electron chi connectivity index (χ4n) is 2.23. The topological polar surface area (TPSA) is 57.9 Å². The number of hydrogen-bond donors (Lipinski definition) is 0. The highest BCUT2D eigenvalue weighted by Crippen LogP contribution is 2.37. The van der Waals surface area contributed by atoms with Gasteiger partial charge in [0.1, 0.15) is 5.82 Å².